The van der Waals surface area contributed by atoms with Crippen molar-refractivity contribution in [2.75, 3.05) is 6.54 Å². The fourth-order valence-electron chi connectivity index (χ4n) is 1.51. The van der Waals surface area contributed by atoms with Gasteiger partial charge in [0.15, 0.2) is 0 Å². The number of aliphatic hydroxyl groups is 1. The van der Waals surface area contributed by atoms with Crippen molar-refractivity contribution in [2.24, 2.45) is 0 Å². The van der Waals surface area contributed by atoms with Crippen LogP contribution in [0.15, 0.2) is 45.8 Å². The van der Waals surface area contributed by atoms with Gasteiger partial charge in [0, 0.05) is 18.2 Å². The van der Waals surface area contributed by atoms with E-state index in [0.717, 1.165) is 5.56 Å². The van der Waals surface area contributed by atoms with Gasteiger partial charge in [-0.3, -0.25) is 0 Å². The van der Waals surface area contributed by atoms with Crippen LogP contribution < -0.4 is 5.32 Å². The van der Waals surface area contributed by atoms with E-state index in [0.29, 0.717) is 12.3 Å². The van der Waals surface area contributed by atoms with Crippen molar-refractivity contribution >= 4 is 0 Å². The molecule has 2 aromatic rings. The van der Waals surface area contributed by atoms with Gasteiger partial charge >= 0.3 is 0 Å². The van der Waals surface area contributed by atoms with Gasteiger partial charge in [-0.25, -0.2) is 0 Å². The van der Waals surface area contributed by atoms with Crippen LogP contribution in [0.25, 0.3) is 0 Å². The predicted octanol–water partition coefficient (Wildman–Crippen LogP) is 2.26. The first-order valence-electron chi connectivity index (χ1n) is 5.24. The normalized spacial score (nSPS) is 14.9. The van der Waals surface area contributed by atoms with Crippen molar-refractivity contribution in [3.63, 3.8) is 0 Å². The van der Waals surface area contributed by atoms with E-state index in [1.54, 1.807) is 30.9 Å². The molecule has 16 heavy (non-hydrogen) atoms. The lowest BCUT2D eigenvalue weighted by Crippen LogP contribution is -2.24. The number of aliphatic hydroxyl groups excluding tert-OH is 1. The van der Waals surface area contributed by atoms with Crippen molar-refractivity contribution in [3.8, 4) is 0 Å². The van der Waals surface area contributed by atoms with E-state index in [1.165, 1.54) is 0 Å². The van der Waals surface area contributed by atoms with E-state index in [2.05, 4.69) is 5.32 Å². The van der Waals surface area contributed by atoms with Gasteiger partial charge in [-0.05, 0) is 25.1 Å². The molecular formula is C12H15NO3. The molecule has 2 aromatic heterocycles. The van der Waals surface area contributed by atoms with Crippen LogP contribution in [0.4, 0.5) is 0 Å². The Hall–Kier alpha value is -1.52. The molecule has 2 atom stereocenters. The number of nitrogens with one attached hydrogen (secondary N) is 1. The van der Waals surface area contributed by atoms with Crippen LogP contribution in [-0.2, 0) is 0 Å². The first kappa shape index (κ1) is 11.0. The zero-order valence-corrected chi connectivity index (χ0v) is 9.09. The number of rotatable bonds is 5. The lowest BCUT2D eigenvalue weighted by molar-refractivity contribution is 0.144. The molecule has 0 amide bonds. The third-order valence-corrected chi connectivity index (χ3v) is 2.53. The van der Waals surface area contributed by atoms with E-state index < -0.39 is 6.10 Å². The molecule has 0 radical (unpaired) electrons. The molecule has 0 bridgehead atoms. The van der Waals surface area contributed by atoms with Gasteiger partial charge in [0.05, 0.1) is 18.8 Å². The van der Waals surface area contributed by atoms with Gasteiger partial charge in [0.25, 0.3) is 0 Å². The van der Waals surface area contributed by atoms with Crippen molar-refractivity contribution < 1.29 is 13.9 Å². The van der Waals surface area contributed by atoms with Gasteiger partial charge in [-0.1, -0.05) is 0 Å². The van der Waals surface area contributed by atoms with Crippen molar-refractivity contribution in [3.05, 3.63) is 48.3 Å². The summed E-state index contributed by atoms with van der Waals surface area (Å²) in [5.41, 5.74) is 1.06. The van der Waals surface area contributed by atoms with Crippen molar-refractivity contribution in [1.82, 2.24) is 5.32 Å². The topological polar surface area (TPSA) is 58.5 Å². The third-order valence-electron chi connectivity index (χ3n) is 2.53. The van der Waals surface area contributed by atoms with E-state index in [1.807, 2.05) is 13.0 Å². The van der Waals surface area contributed by atoms with Gasteiger partial charge in [0.1, 0.15) is 11.9 Å². The largest absolute Gasteiger partial charge is 0.472 e. The molecule has 2 heterocycles. The first-order chi connectivity index (χ1) is 7.77. The minimum atomic E-state index is -0.621. The number of hydrogen-bond acceptors (Lipinski definition) is 4. The average Bonchev–Trinajstić information content (AvgIpc) is 2.95. The van der Waals surface area contributed by atoms with Crippen molar-refractivity contribution in [1.29, 1.82) is 0 Å². The summed E-state index contributed by atoms with van der Waals surface area (Å²) in [5, 5.41) is 13.0. The van der Waals surface area contributed by atoms with Gasteiger partial charge in [0.2, 0.25) is 0 Å². The molecule has 4 nitrogen and oxygen atoms in total. The second-order valence-corrected chi connectivity index (χ2v) is 3.72. The molecular weight excluding hydrogens is 206 g/mol. The quantitative estimate of drug-likeness (QED) is 0.813. The molecule has 0 aliphatic rings. The Morgan fingerprint density at radius 1 is 1.38 bits per heavy atom. The highest BCUT2D eigenvalue weighted by molar-refractivity contribution is 5.10. The summed E-state index contributed by atoms with van der Waals surface area (Å²) >= 11 is 0. The molecule has 0 spiro atoms. The Morgan fingerprint density at radius 3 is 2.88 bits per heavy atom. The molecule has 0 aliphatic carbocycles. The maximum atomic E-state index is 9.78. The average molecular weight is 221 g/mol. The minimum absolute atomic E-state index is 0.142. The summed E-state index contributed by atoms with van der Waals surface area (Å²) in [6, 6.07) is 5.56. The first-order valence-corrected chi connectivity index (χ1v) is 5.24. The number of hydrogen-bond donors (Lipinski definition) is 2. The summed E-state index contributed by atoms with van der Waals surface area (Å²) < 4.78 is 10.1. The number of furan rings is 2. The summed E-state index contributed by atoms with van der Waals surface area (Å²) in [6.07, 6.45) is 4.26. The van der Waals surface area contributed by atoms with Gasteiger partial charge < -0.3 is 19.3 Å². The van der Waals surface area contributed by atoms with Crippen LogP contribution in [0.3, 0.4) is 0 Å². The zero-order chi connectivity index (χ0) is 11.4. The van der Waals surface area contributed by atoms with E-state index >= 15 is 0 Å². The van der Waals surface area contributed by atoms with Crippen LogP contribution in [0.2, 0.25) is 0 Å². The maximum absolute atomic E-state index is 9.78. The van der Waals surface area contributed by atoms with Crippen LogP contribution in [0.5, 0.6) is 0 Å². The Kier molecular flexibility index (Phi) is 3.44. The Balaban J connectivity index is 1.84. The highest BCUT2D eigenvalue weighted by atomic mass is 16.4. The molecule has 4 heteroatoms. The fraction of sp³-hybridized carbons (Fsp3) is 0.333. The Morgan fingerprint density at radius 2 is 2.25 bits per heavy atom. The lowest BCUT2D eigenvalue weighted by atomic mass is 10.1. The molecule has 0 aromatic carbocycles. The Labute approximate surface area is 93.9 Å². The van der Waals surface area contributed by atoms with Crippen LogP contribution in [0, 0.1) is 0 Å². The zero-order valence-electron chi connectivity index (χ0n) is 9.09. The predicted molar refractivity (Wildman–Crippen MR) is 58.8 cm³/mol. The second kappa shape index (κ2) is 5.01. The fourth-order valence-corrected chi connectivity index (χ4v) is 1.51. The molecule has 0 saturated carbocycles. The standard InChI is InChI=1S/C12H15NO3/c1-9(10-4-6-15-8-10)13-7-11(14)12-3-2-5-16-12/h2-6,8-9,11,13-14H,7H2,1H3. The van der Waals surface area contributed by atoms with E-state index in [4.69, 9.17) is 8.83 Å². The van der Waals surface area contributed by atoms with E-state index in [-0.39, 0.29) is 6.04 Å². The van der Waals surface area contributed by atoms with Gasteiger partial charge in [-0.15, -0.1) is 0 Å². The highest BCUT2D eigenvalue weighted by Crippen LogP contribution is 2.15. The molecule has 0 fully saturated rings. The van der Waals surface area contributed by atoms with Crippen LogP contribution >= 0.6 is 0 Å². The summed E-state index contributed by atoms with van der Waals surface area (Å²) in [5.74, 6) is 0.576. The molecule has 2 unspecified atom stereocenters. The van der Waals surface area contributed by atoms with Gasteiger partial charge in [-0.2, -0.15) is 0 Å². The monoisotopic (exact) mass is 221 g/mol. The van der Waals surface area contributed by atoms with Crippen LogP contribution in [0.1, 0.15) is 30.4 Å². The van der Waals surface area contributed by atoms with E-state index in [9.17, 15) is 5.11 Å². The molecule has 2 N–H and O–H groups in total. The minimum Gasteiger partial charge on any atom is -0.472 e. The third kappa shape index (κ3) is 2.53. The van der Waals surface area contributed by atoms with Crippen LogP contribution in [-0.4, -0.2) is 11.7 Å². The second-order valence-electron chi connectivity index (χ2n) is 3.72. The molecule has 0 saturated heterocycles. The van der Waals surface area contributed by atoms with Crippen molar-refractivity contribution in [2.45, 2.75) is 19.1 Å². The maximum Gasteiger partial charge on any atom is 0.133 e. The summed E-state index contributed by atoms with van der Waals surface area (Å²) in [7, 11) is 0. The summed E-state index contributed by atoms with van der Waals surface area (Å²) in [4.78, 5) is 0. The molecule has 2 rings (SSSR count). The lowest BCUT2D eigenvalue weighted by Gasteiger charge is -2.14. The summed E-state index contributed by atoms with van der Waals surface area (Å²) in [6.45, 7) is 2.46. The molecule has 0 aliphatic heterocycles. The smallest absolute Gasteiger partial charge is 0.133 e. The SMILES string of the molecule is CC(NCC(O)c1ccco1)c1ccoc1. The highest BCUT2D eigenvalue weighted by Gasteiger charge is 2.12. The Bertz CT molecular complexity index is 354. The molecule has 86 valence electrons.